The Labute approximate surface area is 99.6 Å². The molecule has 90 valence electrons. The van der Waals surface area contributed by atoms with Crippen LogP contribution in [0.4, 0.5) is 5.69 Å². The van der Waals surface area contributed by atoms with Crippen LogP contribution in [0.2, 0.25) is 0 Å². The zero-order chi connectivity index (χ0) is 12.4. The second-order valence-corrected chi connectivity index (χ2v) is 4.15. The number of carbonyl (C=O) groups excluding carboxylic acids is 2. The Bertz CT molecular complexity index is 471. The van der Waals surface area contributed by atoms with Crippen molar-refractivity contribution in [3.8, 4) is 0 Å². The maximum Gasteiger partial charge on any atom is 0.254 e. The largest absolute Gasteiger partial charge is 0.399 e. The highest BCUT2D eigenvalue weighted by atomic mass is 16.2. The molecule has 0 atom stereocenters. The maximum absolute atomic E-state index is 12.1. The summed E-state index contributed by atoms with van der Waals surface area (Å²) < 4.78 is 0. The Hall–Kier alpha value is -2.04. The number of nitrogens with one attached hydrogen (secondary N) is 1. The van der Waals surface area contributed by atoms with Crippen LogP contribution in [0.1, 0.15) is 15.9 Å². The predicted molar refractivity (Wildman–Crippen MR) is 64.5 cm³/mol. The summed E-state index contributed by atoms with van der Waals surface area (Å²) in [6.45, 7) is 3.05. The van der Waals surface area contributed by atoms with Crippen LogP contribution >= 0.6 is 0 Å². The Morgan fingerprint density at radius 3 is 2.88 bits per heavy atom. The molecule has 5 nitrogen and oxygen atoms in total. The number of rotatable bonds is 1. The molecular formula is C12H15N3O2. The van der Waals surface area contributed by atoms with Crippen molar-refractivity contribution in [2.45, 2.75) is 6.92 Å². The number of carbonyl (C=O) groups is 2. The van der Waals surface area contributed by atoms with Crippen molar-refractivity contribution in [3.63, 3.8) is 0 Å². The number of hydrogen-bond acceptors (Lipinski definition) is 3. The first kappa shape index (κ1) is 11.4. The van der Waals surface area contributed by atoms with E-state index >= 15 is 0 Å². The number of amides is 2. The first-order valence-corrected chi connectivity index (χ1v) is 5.50. The summed E-state index contributed by atoms with van der Waals surface area (Å²) in [5.41, 5.74) is 7.81. The van der Waals surface area contributed by atoms with Crippen molar-refractivity contribution >= 4 is 17.5 Å². The third-order valence-electron chi connectivity index (χ3n) is 2.84. The van der Waals surface area contributed by atoms with Gasteiger partial charge in [-0.2, -0.15) is 0 Å². The van der Waals surface area contributed by atoms with Crippen LogP contribution in [0.25, 0.3) is 0 Å². The van der Waals surface area contributed by atoms with Crippen LogP contribution in [0.15, 0.2) is 18.2 Å². The van der Waals surface area contributed by atoms with Crippen LogP contribution in [0, 0.1) is 6.92 Å². The van der Waals surface area contributed by atoms with Crippen molar-refractivity contribution in [1.29, 1.82) is 0 Å². The number of nitrogens with zero attached hydrogens (tertiary/aromatic N) is 1. The van der Waals surface area contributed by atoms with Crippen molar-refractivity contribution < 1.29 is 9.59 Å². The third kappa shape index (κ3) is 2.38. The molecule has 5 heteroatoms. The standard InChI is InChI=1S/C12H15N3O2/c1-8-6-9(2-3-10(8)13)12(17)15-5-4-14-11(16)7-15/h2-3,6H,4-5,7,13H2,1H3,(H,14,16). The summed E-state index contributed by atoms with van der Waals surface area (Å²) >= 11 is 0. The van der Waals surface area contributed by atoms with Gasteiger partial charge in [0.25, 0.3) is 5.91 Å². The molecule has 0 aromatic heterocycles. The van der Waals surface area contributed by atoms with Gasteiger partial charge >= 0.3 is 0 Å². The van der Waals surface area contributed by atoms with E-state index < -0.39 is 0 Å². The summed E-state index contributed by atoms with van der Waals surface area (Å²) in [5.74, 6) is -0.236. The van der Waals surface area contributed by atoms with E-state index in [1.807, 2.05) is 6.92 Å². The van der Waals surface area contributed by atoms with Crippen LogP contribution in [0.3, 0.4) is 0 Å². The monoisotopic (exact) mass is 233 g/mol. The van der Waals surface area contributed by atoms with Gasteiger partial charge in [0, 0.05) is 24.3 Å². The molecule has 17 heavy (non-hydrogen) atoms. The van der Waals surface area contributed by atoms with E-state index in [4.69, 9.17) is 5.73 Å². The fourth-order valence-corrected chi connectivity index (χ4v) is 1.80. The second-order valence-electron chi connectivity index (χ2n) is 4.15. The SMILES string of the molecule is Cc1cc(C(=O)N2CCNC(=O)C2)ccc1N. The van der Waals surface area contributed by atoms with Crippen molar-refractivity contribution in [1.82, 2.24) is 10.2 Å². The first-order chi connectivity index (χ1) is 8.08. The minimum Gasteiger partial charge on any atom is -0.399 e. The van der Waals surface area contributed by atoms with Gasteiger partial charge in [0.1, 0.15) is 0 Å². The lowest BCUT2D eigenvalue weighted by Gasteiger charge is -2.26. The quantitative estimate of drug-likeness (QED) is 0.678. The van der Waals surface area contributed by atoms with Crippen LogP contribution in [0.5, 0.6) is 0 Å². The van der Waals surface area contributed by atoms with Crippen molar-refractivity contribution in [3.05, 3.63) is 29.3 Å². The van der Waals surface area contributed by atoms with E-state index in [0.29, 0.717) is 24.3 Å². The zero-order valence-electron chi connectivity index (χ0n) is 9.69. The number of aryl methyl sites for hydroxylation is 1. The molecule has 0 saturated carbocycles. The van der Waals surface area contributed by atoms with Gasteiger partial charge in [-0.1, -0.05) is 0 Å². The lowest BCUT2D eigenvalue weighted by Crippen LogP contribution is -2.49. The molecule has 1 aromatic rings. The molecule has 1 aliphatic rings. The molecule has 0 aliphatic carbocycles. The normalized spacial score (nSPS) is 15.6. The first-order valence-electron chi connectivity index (χ1n) is 5.50. The Morgan fingerprint density at radius 2 is 2.24 bits per heavy atom. The van der Waals surface area contributed by atoms with Gasteiger partial charge in [0.2, 0.25) is 5.91 Å². The van der Waals surface area contributed by atoms with E-state index in [0.717, 1.165) is 5.56 Å². The van der Waals surface area contributed by atoms with Gasteiger partial charge in [-0.05, 0) is 30.7 Å². The molecule has 2 amide bonds. The molecule has 3 N–H and O–H groups in total. The predicted octanol–water partition coefficient (Wildman–Crippen LogP) is 0.149. The molecule has 1 aliphatic heterocycles. The summed E-state index contributed by atoms with van der Waals surface area (Å²) in [6, 6.07) is 5.16. The van der Waals surface area contributed by atoms with Gasteiger partial charge in [0.05, 0.1) is 6.54 Å². The van der Waals surface area contributed by atoms with Gasteiger partial charge in [0.15, 0.2) is 0 Å². The van der Waals surface area contributed by atoms with E-state index in [9.17, 15) is 9.59 Å². The summed E-state index contributed by atoms with van der Waals surface area (Å²) in [7, 11) is 0. The zero-order valence-corrected chi connectivity index (χ0v) is 9.69. The highest BCUT2D eigenvalue weighted by Crippen LogP contribution is 2.14. The topological polar surface area (TPSA) is 75.4 Å². The van der Waals surface area contributed by atoms with Crippen molar-refractivity contribution in [2.75, 3.05) is 25.4 Å². The lowest BCUT2D eigenvalue weighted by molar-refractivity contribution is -0.123. The van der Waals surface area contributed by atoms with E-state index in [1.54, 1.807) is 23.1 Å². The average molecular weight is 233 g/mol. The Kier molecular flexibility index (Phi) is 2.99. The van der Waals surface area contributed by atoms with Crippen molar-refractivity contribution in [2.24, 2.45) is 0 Å². The number of anilines is 1. The van der Waals surface area contributed by atoms with Crippen LogP contribution in [-0.4, -0.2) is 36.3 Å². The Morgan fingerprint density at radius 1 is 1.47 bits per heavy atom. The number of nitrogens with two attached hydrogens (primary N) is 1. The maximum atomic E-state index is 12.1. The molecule has 2 rings (SSSR count). The highest BCUT2D eigenvalue weighted by molar-refractivity contribution is 5.97. The van der Waals surface area contributed by atoms with E-state index in [2.05, 4.69) is 5.32 Å². The fraction of sp³-hybridized carbons (Fsp3) is 0.333. The molecule has 1 heterocycles. The van der Waals surface area contributed by atoms with Gasteiger partial charge in [-0.3, -0.25) is 9.59 Å². The van der Waals surface area contributed by atoms with Gasteiger partial charge in [-0.25, -0.2) is 0 Å². The molecule has 1 fully saturated rings. The lowest BCUT2D eigenvalue weighted by atomic mass is 10.1. The Balaban J connectivity index is 2.18. The third-order valence-corrected chi connectivity index (χ3v) is 2.84. The molecule has 1 aromatic carbocycles. The molecular weight excluding hydrogens is 218 g/mol. The highest BCUT2D eigenvalue weighted by Gasteiger charge is 2.22. The summed E-state index contributed by atoms with van der Waals surface area (Å²) in [4.78, 5) is 24.9. The minimum absolute atomic E-state index is 0.114. The molecule has 0 spiro atoms. The number of hydrogen-bond donors (Lipinski definition) is 2. The smallest absolute Gasteiger partial charge is 0.254 e. The van der Waals surface area contributed by atoms with E-state index in [1.165, 1.54) is 0 Å². The number of benzene rings is 1. The molecule has 0 bridgehead atoms. The molecule has 0 radical (unpaired) electrons. The van der Waals surface area contributed by atoms with Gasteiger partial charge < -0.3 is 16.0 Å². The fourth-order valence-electron chi connectivity index (χ4n) is 1.80. The van der Waals surface area contributed by atoms with Crippen LogP contribution < -0.4 is 11.1 Å². The van der Waals surface area contributed by atoms with Gasteiger partial charge in [-0.15, -0.1) is 0 Å². The van der Waals surface area contributed by atoms with E-state index in [-0.39, 0.29) is 18.4 Å². The summed E-state index contributed by atoms with van der Waals surface area (Å²) in [5, 5.41) is 2.69. The number of nitrogen functional groups attached to an aromatic ring is 1. The summed E-state index contributed by atoms with van der Waals surface area (Å²) in [6.07, 6.45) is 0. The molecule has 0 unspecified atom stereocenters. The second kappa shape index (κ2) is 4.45. The van der Waals surface area contributed by atoms with Crippen LogP contribution in [-0.2, 0) is 4.79 Å². The molecule has 1 saturated heterocycles. The minimum atomic E-state index is -0.122. The average Bonchev–Trinajstić information content (AvgIpc) is 2.32. The number of piperazine rings is 1.